The molecular weight excluding hydrogens is 438 g/mol. The minimum atomic E-state index is -0.697. The number of hydrogen-bond donors (Lipinski definition) is 1. The van der Waals surface area contributed by atoms with Crippen molar-refractivity contribution in [1.29, 1.82) is 0 Å². The molecule has 3 aliphatic heterocycles. The lowest BCUT2D eigenvalue weighted by molar-refractivity contribution is -0.121. The van der Waals surface area contributed by atoms with Crippen LogP contribution >= 0.6 is 0 Å². The predicted molar refractivity (Wildman–Crippen MR) is 123 cm³/mol. The van der Waals surface area contributed by atoms with Gasteiger partial charge in [0.15, 0.2) is 11.5 Å². The monoisotopic (exact) mass is 465 g/mol. The number of nitrogens with zero attached hydrogens (tertiary/aromatic N) is 2. The summed E-state index contributed by atoms with van der Waals surface area (Å²) in [6, 6.07) is 12.6. The molecule has 0 saturated carbocycles. The van der Waals surface area contributed by atoms with Crippen molar-refractivity contribution in [3.8, 4) is 17.2 Å². The van der Waals surface area contributed by atoms with Crippen molar-refractivity contribution in [1.82, 2.24) is 10.2 Å². The average Bonchev–Trinajstić information content (AvgIpc) is 3.43. The summed E-state index contributed by atoms with van der Waals surface area (Å²) in [5.41, 5.74) is 0.506. The maximum Gasteiger partial charge on any atom is 0.257 e. The molecule has 9 heteroatoms. The van der Waals surface area contributed by atoms with Crippen LogP contribution in [0.4, 0.5) is 5.69 Å². The van der Waals surface area contributed by atoms with Crippen LogP contribution in [-0.4, -0.2) is 54.8 Å². The Morgan fingerprint density at radius 3 is 2.85 bits per heavy atom. The van der Waals surface area contributed by atoms with Crippen molar-refractivity contribution >= 4 is 23.4 Å². The van der Waals surface area contributed by atoms with E-state index >= 15 is 0 Å². The van der Waals surface area contributed by atoms with E-state index < -0.39 is 5.66 Å². The van der Waals surface area contributed by atoms with E-state index in [0.29, 0.717) is 67.5 Å². The number of carbonyl (C=O) groups is 3. The van der Waals surface area contributed by atoms with Crippen LogP contribution in [0.3, 0.4) is 0 Å². The van der Waals surface area contributed by atoms with Gasteiger partial charge in [-0.3, -0.25) is 19.3 Å². The highest BCUT2D eigenvalue weighted by molar-refractivity contribution is 6.10. The molecule has 3 heterocycles. The molecule has 0 radical (unpaired) electrons. The van der Waals surface area contributed by atoms with Crippen molar-refractivity contribution in [2.24, 2.45) is 0 Å². The molecule has 1 unspecified atom stereocenters. The molecular formula is C25H27N3O6. The Morgan fingerprint density at radius 1 is 1.15 bits per heavy atom. The van der Waals surface area contributed by atoms with Gasteiger partial charge >= 0.3 is 0 Å². The number of para-hydroxylation sites is 1. The lowest BCUT2D eigenvalue weighted by Crippen LogP contribution is -2.62. The van der Waals surface area contributed by atoms with Crippen LogP contribution in [0.1, 0.15) is 43.0 Å². The van der Waals surface area contributed by atoms with Crippen LogP contribution in [0.5, 0.6) is 17.2 Å². The Morgan fingerprint density at radius 2 is 1.97 bits per heavy atom. The average molecular weight is 466 g/mol. The fourth-order valence-corrected chi connectivity index (χ4v) is 4.85. The highest BCUT2D eigenvalue weighted by Gasteiger charge is 2.52. The van der Waals surface area contributed by atoms with Crippen LogP contribution in [0.2, 0.25) is 0 Å². The molecule has 3 aliphatic rings. The zero-order valence-electron chi connectivity index (χ0n) is 19.0. The molecule has 1 saturated heterocycles. The first-order valence-corrected chi connectivity index (χ1v) is 11.5. The van der Waals surface area contributed by atoms with E-state index in [4.69, 9.17) is 14.2 Å². The number of amides is 3. The number of ether oxygens (including phenoxy) is 3. The number of fused-ring (bicyclic) bond motifs is 4. The second-order valence-corrected chi connectivity index (χ2v) is 8.74. The minimum Gasteiger partial charge on any atom is -0.492 e. The lowest BCUT2D eigenvalue weighted by atomic mass is 9.98. The van der Waals surface area contributed by atoms with E-state index in [2.05, 4.69) is 5.32 Å². The van der Waals surface area contributed by atoms with Gasteiger partial charge in [-0.15, -0.1) is 0 Å². The minimum absolute atomic E-state index is 0.0210. The van der Waals surface area contributed by atoms with Crippen LogP contribution in [-0.2, 0) is 9.59 Å². The number of rotatable bonds is 8. The van der Waals surface area contributed by atoms with E-state index in [1.54, 1.807) is 40.1 Å². The van der Waals surface area contributed by atoms with Gasteiger partial charge in [0.1, 0.15) is 18.0 Å². The second kappa shape index (κ2) is 8.89. The van der Waals surface area contributed by atoms with Crippen molar-refractivity contribution < 1.29 is 28.6 Å². The molecule has 0 spiro atoms. The van der Waals surface area contributed by atoms with E-state index in [-0.39, 0.29) is 30.9 Å². The molecule has 2 aromatic rings. The summed E-state index contributed by atoms with van der Waals surface area (Å²) in [6.45, 7) is 3.22. The number of hydrogen-bond acceptors (Lipinski definition) is 6. The molecule has 0 aliphatic carbocycles. The third kappa shape index (κ3) is 3.91. The molecule has 3 amide bonds. The highest BCUT2D eigenvalue weighted by Crippen LogP contribution is 2.44. The normalized spacial score (nSPS) is 20.3. The largest absolute Gasteiger partial charge is 0.492 e. The SMILES string of the molecule is CC12CCC(=O)N1c1ccccc1C(=O)N2CCCC(=O)NCCOc1ccc2c(c1)OCO2. The summed E-state index contributed by atoms with van der Waals surface area (Å²) in [6.07, 6.45) is 1.76. The molecule has 1 atom stereocenters. The Hall–Kier alpha value is -3.75. The zero-order valence-corrected chi connectivity index (χ0v) is 19.0. The van der Waals surface area contributed by atoms with Crippen LogP contribution < -0.4 is 24.4 Å². The molecule has 0 aromatic heterocycles. The van der Waals surface area contributed by atoms with Crippen molar-refractivity contribution in [2.45, 2.75) is 38.3 Å². The highest BCUT2D eigenvalue weighted by atomic mass is 16.7. The van der Waals surface area contributed by atoms with E-state index in [9.17, 15) is 14.4 Å². The Bertz CT molecular complexity index is 1140. The summed E-state index contributed by atoms with van der Waals surface area (Å²) in [4.78, 5) is 41.6. The van der Waals surface area contributed by atoms with Crippen LogP contribution in [0.15, 0.2) is 42.5 Å². The standard InChI is InChI=1S/C25H27N3O6/c1-25-11-10-23(30)28(25)19-6-3-2-5-18(19)24(31)27(25)13-4-7-22(29)26-12-14-32-17-8-9-20-21(15-17)34-16-33-20/h2-3,5-6,8-9,15H,4,7,10-14,16H2,1H3,(H,26,29). The number of carbonyl (C=O) groups excluding carboxylic acids is 3. The first-order chi connectivity index (χ1) is 16.5. The first-order valence-electron chi connectivity index (χ1n) is 11.5. The molecule has 0 bridgehead atoms. The predicted octanol–water partition coefficient (Wildman–Crippen LogP) is 2.69. The van der Waals surface area contributed by atoms with E-state index in [1.165, 1.54) is 0 Å². The lowest BCUT2D eigenvalue weighted by Gasteiger charge is -2.48. The van der Waals surface area contributed by atoms with Crippen molar-refractivity contribution in [3.05, 3.63) is 48.0 Å². The second-order valence-electron chi connectivity index (χ2n) is 8.74. The van der Waals surface area contributed by atoms with Gasteiger partial charge in [-0.2, -0.15) is 0 Å². The molecule has 34 heavy (non-hydrogen) atoms. The van der Waals surface area contributed by atoms with Gasteiger partial charge in [0.25, 0.3) is 5.91 Å². The topological polar surface area (TPSA) is 97.4 Å². The summed E-state index contributed by atoms with van der Waals surface area (Å²) >= 11 is 0. The zero-order chi connectivity index (χ0) is 23.7. The molecule has 9 nitrogen and oxygen atoms in total. The van der Waals surface area contributed by atoms with Crippen LogP contribution in [0, 0.1) is 0 Å². The van der Waals surface area contributed by atoms with Crippen molar-refractivity contribution in [2.75, 3.05) is 31.4 Å². The van der Waals surface area contributed by atoms with Gasteiger partial charge in [0.2, 0.25) is 18.6 Å². The third-order valence-corrected chi connectivity index (χ3v) is 6.57. The van der Waals surface area contributed by atoms with Gasteiger partial charge in [-0.25, -0.2) is 0 Å². The number of benzene rings is 2. The van der Waals surface area contributed by atoms with Crippen LogP contribution in [0.25, 0.3) is 0 Å². The van der Waals surface area contributed by atoms with Gasteiger partial charge < -0.3 is 24.4 Å². The van der Waals surface area contributed by atoms with Gasteiger partial charge in [-0.1, -0.05) is 12.1 Å². The summed E-state index contributed by atoms with van der Waals surface area (Å²) in [5.74, 6) is 1.80. The van der Waals surface area contributed by atoms with Gasteiger partial charge in [-0.05, 0) is 44.0 Å². The number of nitrogens with one attached hydrogen (secondary N) is 1. The van der Waals surface area contributed by atoms with Gasteiger partial charge in [0, 0.05) is 25.5 Å². The number of anilines is 1. The fraction of sp³-hybridized carbons (Fsp3) is 0.400. The molecule has 178 valence electrons. The fourth-order valence-electron chi connectivity index (χ4n) is 4.85. The summed E-state index contributed by atoms with van der Waals surface area (Å²) in [7, 11) is 0. The summed E-state index contributed by atoms with van der Waals surface area (Å²) < 4.78 is 16.3. The summed E-state index contributed by atoms with van der Waals surface area (Å²) in [5, 5.41) is 2.84. The Kier molecular flexibility index (Phi) is 5.77. The molecule has 1 N–H and O–H groups in total. The smallest absolute Gasteiger partial charge is 0.257 e. The third-order valence-electron chi connectivity index (χ3n) is 6.57. The maximum absolute atomic E-state index is 13.2. The Labute approximate surface area is 197 Å². The molecule has 5 rings (SSSR count). The van der Waals surface area contributed by atoms with Gasteiger partial charge in [0.05, 0.1) is 17.8 Å². The Balaban J connectivity index is 1.11. The molecule has 2 aromatic carbocycles. The van der Waals surface area contributed by atoms with Crippen molar-refractivity contribution in [3.63, 3.8) is 0 Å². The molecule has 1 fully saturated rings. The quantitative estimate of drug-likeness (QED) is 0.602. The van der Waals surface area contributed by atoms with E-state index in [1.807, 2.05) is 19.1 Å². The maximum atomic E-state index is 13.2. The first kappa shape index (κ1) is 22.1. The van der Waals surface area contributed by atoms with E-state index in [0.717, 1.165) is 0 Å².